The van der Waals surface area contributed by atoms with Crippen LogP contribution in [0.25, 0.3) is 0 Å². The van der Waals surface area contributed by atoms with Gasteiger partial charge in [-0.15, -0.1) is 0 Å². The quantitative estimate of drug-likeness (QED) is 0.793. The summed E-state index contributed by atoms with van der Waals surface area (Å²) >= 11 is 1.33. The average molecular weight is 411 g/mol. The number of hydrogen-bond acceptors (Lipinski definition) is 5. The van der Waals surface area contributed by atoms with Gasteiger partial charge in [0.1, 0.15) is 0 Å². The number of carbonyl (C=O) groups is 2. The number of aliphatic carboxylic acids is 1. The molecule has 0 bridgehead atoms. The van der Waals surface area contributed by atoms with Gasteiger partial charge in [-0.1, -0.05) is 30.0 Å². The number of rotatable bonds is 5. The first kappa shape index (κ1) is 19.9. The summed E-state index contributed by atoms with van der Waals surface area (Å²) in [6.45, 7) is 3.91. The van der Waals surface area contributed by atoms with Crippen molar-refractivity contribution in [1.29, 1.82) is 0 Å². The Kier molecular flexibility index (Phi) is 5.62. The van der Waals surface area contributed by atoms with E-state index >= 15 is 0 Å². The number of aryl methyl sites for hydroxylation is 2. The van der Waals surface area contributed by atoms with E-state index in [9.17, 15) is 18.0 Å². The standard InChI is InChI=1S/C18H22N2O5S2/c1-11-5-3-6-12(2)17(11)20-13-9-27(24,25)10-14(13)26-18(20)19-15(21)7-4-8-16(22)23/h3,5-6,13-14H,4,7-10H2,1-2H3,(H,22,23)/t13-,14-/m0/s1. The lowest BCUT2D eigenvalue weighted by atomic mass is 10.1. The van der Waals surface area contributed by atoms with Crippen molar-refractivity contribution in [3.8, 4) is 0 Å². The van der Waals surface area contributed by atoms with E-state index in [1.165, 1.54) is 11.8 Å². The van der Waals surface area contributed by atoms with E-state index in [0.717, 1.165) is 16.8 Å². The van der Waals surface area contributed by atoms with Crippen LogP contribution in [0.15, 0.2) is 23.2 Å². The summed E-state index contributed by atoms with van der Waals surface area (Å²) in [6, 6.07) is 5.60. The van der Waals surface area contributed by atoms with E-state index in [4.69, 9.17) is 5.11 Å². The summed E-state index contributed by atoms with van der Waals surface area (Å²) in [4.78, 5) is 29.0. The summed E-state index contributed by atoms with van der Waals surface area (Å²) in [6.07, 6.45) is 0.221. The maximum atomic E-state index is 12.2. The number of amides is 1. The molecule has 7 nitrogen and oxygen atoms in total. The Balaban J connectivity index is 1.92. The van der Waals surface area contributed by atoms with Gasteiger partial charge in [-0.3, -0.25) is 9.59 Å². The Labute approximate surface area is 162 Å². The van der Waals surface area contributed by atoms with Crippen molar-refractivity contribution >= 4 is 44.3 Å². The number of para-hydroxylation sites is 1. The monoisotopic (exact) mass is 410 g/mol. The second kappa shape index (κ2) is 7.63. The van der Waals surface area contributed by atoms with Crippen molar-refractivity contribution in [2.75, 3.05) is 16.4 Å². The number of carbonyl (C=O) groups excluding carboxylic acids is 1. The minimum Gasteiger partial charge on any atom is -0.481 e. The summed E-state index contributed by atoms with van der Waals surface area (Å²) in [5, 5.41) is 9.06. The second-order valence-electron chi connectivity index (χ2n) is 6.95. The highest BCUT2D eigenvalue weighted by atomic mass is 32.2. The Hall–Kier alpha value is -1.87. The molecule has 0 spiro atoms. The van der Waals surface area contributed by atoms with Crippen LogP contribution in [-0.4, -0.2) is 53.4 Å². The molecule has 0 saturated carbocycles. The van der Waals surface area contributed by atoms with Crippen molar-refractivity contribution in [3.63, 3.8) is 0 Å². The fourth-order valence-corrected chi connectivity index (χ4v) is 7.48. The number of nitrogens with zero attached hydrogens (tertiary/aromatic N) is 2. The number of anilines is 1. The molecule has 2 aliphatic rings. The highest BCUT2D eigenvalue weighted by molar-refractivity contribution is 8.16. The molecule has 146 valence electrons. The van der Waals surface area contributed by atoms with Crippen LogP contribution in [0.5, 0.6) is 0 Å². The smallest absolute Gasteiger partial charge is 0.303 e. The van der Waals surface area contributed by atoms with E-state index in [-0.39, 0.29) is 48.0 Å². The van der Waals surface area contributed by atoms with Crippen molar-refractivity contribution < 1.29 is 23.1 Å². The SMILES string of the molecule is Cc1cccc(C)c1N1C(=NC(=O)CCCC(=O)O)S[C@H]2CS(=O)(=O)C[C@@H]21. The van der Waals surface area contributed by atoms with Crippen LogP contribution in [0.4, 0.5) is 5.69 Å². The van der Waals surface area contributed by atoms with Crippen LogP contribution in [0.1, 0.15) is 30.4 Å². The van der Waals surface area contributed by atoms with Gasteiger partial charge in [-0.05, 0) is 31.4 Å². The molecule has 2 fully saturated rings. The molecule has 0 aromatic heterocycles. The molecule has 2 saturated heterocycles. The first-order valence-corrected chi connectivity index (χ1v) is 11.4. The lowest BCUT2D eigenvalue weighted by Crippen LogP contribution is -2.38. The van der Waals surface area contributed by atoms with Gasteiger partial charge >= 0.3 is 5.97 Å². The third kappa shape index (κ3) is 4.35. The first-order chi connectivity index (χ1) is 12.7. The zero-order valence-electron chi connectivity index (χ0n) is 15.2. The molecule has 3 rings (SSSR count). The van der Waals surface area contributed by atoms with E-state index in [1.807, 2.05) is 36.9 Å². The number of benzene rings is 1. The zero-order chi connectivity index (χ0) is 19.8. The highest BCUT2D eigenvalue weighted by Crippen LogP contribution is 2.43. The minimum absolute atomic E-state index is 0.0463. The van der Waals surface area contributed by atoms with Crippen molar-refractivity contribution in [2.45, 2.75) is 44.4 Å². The molecule has 9 heteroatoms. The molecule has 2 aliphatic heterocycles. The highest BCUT2D eigenvalue weighted by Gasteiger charge is 2.49. The Morgan fingerprint density at radius 3 is 2.52 bits per heavy atom. The lowest BCUT2D eigenvalue weighted by molar-refractivity contribution is -0.137. The number of aliphatic imine (C=N–C) groups is 1. The molecular formula is C18H22N2O5S2. The second-order valence-corrected chi connectivity index (χ2v) is 10.3. The molecule has 2 heterocycles. The molecular weight excluding hydrogens is 388 g/mol. The van der Waals surface area contributed by atoms with Gasteiger partial charge in [0.25, 0.3) is 0 Å². The van der Waals surface area contributed by atoms with Crippen LogP contribution >= 0.6 is 11.8 Å². The summed E-state index contributed by atoms with van der Waals surface area (Å²) in [5.41, 5.74) is 2.88. The van der Waals surface area contributed by atoms with Gasteiger partial charge in [-0.25, -0.2) is 8.42 Å². The van der Waals surface area contributed by atoms with Gasteiger partial charge in [0, 0.05) is 23.8 Å². The minimum atomic E-state index is -3.12. The molecule has 27 heavy (non-hydrogen) atoms. The number of sulfone groups is 1. The molecule has 0 unspecified atom stereocenters. The van der Waals surface area contributed by atoms with E-state index in [2.05, 4.69) is 4.99 Å². The topological polar surface area (TPSA) is 104 Å². The third-order valence-electron chi connectivity index (χ3n) is 4.75. The molecule has 0 aliphatic carbocycles. The molecule has 1 amide bonds. The van der Waals surface area contributed by atoms with E-state index < -0.39 is 15.8 Å². The normalized spacial score (nSPS) is 25.0. The zero-order valence-corrected chi connectivity index (χ0v) is 16.8. The molecule has 1 aromatic carbocycles. The van der Waals surface area contributed by atoms with E-state index in [1.54, 1.807) is 0 Å². The Bertz CT molecular complexity index is 890. The summed E-state index contributed by atoms with van der Waals surface area (Å²) in [7, 11) is -3.12. The first-order valence-electron chi connectivity index (χ1n) is 8.74. The molecule has 1 aromatic rings. The van der Waals surface area contributed by atoms with Gasteiger partial charge in [0.15, 0.2) is 15.0 Å². The van der Waals surface area contributed by atoms with Crippen molar-refractivity contribution in [1.82, 2.24) is 0 Å². The van der Waals surface area contributed by atoms with Gasteiger partial charge in [0.2, 0.25) is 5.91 Å². The Morgan fingerprint density at radius 1 is 1.22 bits per heavy atom. The summed E-state index contributed by atoms with van der Waals surface area (Å²) in [5.74, 6) is -1.19. The fourth-order valence-electron chi connectivity index (χ4n) is 3.57. The van der Waals surface area contributed by atoms with Crippen LogP contribution in [0, 0.1) is 13.8 Å². The number of carboxylic acid groups (broad SMARTS) is 1. The number of amidine groups is 1. The van der Waals surface area contributed by atoms with Crippen LogP contribution in [0.2, 0.25) is 0 Å². The number of carboxylic acids is 1. The molecule has 0 radical (unpaired) electrons. The van der Waals surface area contributed by atoms with Crippen LogP contribution < -0.4 is 4.90 Å². The largest absolute Gasteiger partial charge is 0.481 e. The maximum Gasteiger partial charge on any atom is 0.303 e. The molecule has 1 N–H and O–H groups in total. The van der Waals surface area contributed by atoms with E-state index in [0.29, 0.717) is 5.17 Å². The fraction of sp³-hybridized carbons (Fsp3) is 0.500. The van der Waals surface area contributed by atoms with Gasteiger partial charge in [-0.2, -0.15) is 4.99 Å². The molecule has 2 atom stereocenters. The number of thioether (sulfide) groups is 1. The van der Waals surface area contributed by atoms with Gasteiger partial charge < -0.3 is 10.0 Å². The third-order valence-corrected chi connectivity index (χ3v) is 7.96. The maximum absolute atomic E-state index is 12.2. The number of fused-ring (bicyclic) bond motifs is 1. The van der Waals surface area contributed by atoms with Crippen LogP contribution in [-0.2, 0) is 19.4 Å². The van der Waals surface area contributed by atoms with Gasteiger partial charge in [0.05, 0.1) is 17.5 Å². The van der Waals surface area contributed by atoms with Crippen molar-refractivity contribution in [3.05, 3.63) is 29.3 Å². The van der Waals surface area contributed by atoms with Crippen LogP contribution in [0.3, 0.4) is 0 Å². The lowest BCUT2D eigenvalue weighted by Gasteiger charge is -2.27. The predicted octanol–water partition coefficient (Wildman–Crippen LogP) is 2.16. The Morgan fingerprint density at radius 2 is 1.89 bits per heavy atom. The summed E-state index contributed by atoms with van der Waals surface area (Å²) < 4.78 is 24.2. The van der Waals surface area contributed by atoms with Crippen molar-refractivity contribution in [2.24, 2.45) is 4.99 Å². The number of hydrogen-bond donors (Lipinski definition) is 1. The average Bonchev–Trinajstić information content (AvgIpc) is 2.99. The predicted molar refractivity (Wildman–Crippen MR) is 106 cm³/mol.